The van der Waals surface area contributed by atoms with Gasteiger partial charge in [0.05, 0.1) is 11.9 Å². The highest BCUT2D eigenvalue weighted by molar-refractivity contribution is 7.81. The highest BCUT2D eigenvalue weighted by Gasteiger charge is 2.23. The summed E-state index contributed by atoms with van der Waals surface area (Å²) in [5.41, 5.74) is 1.75. The number of aromatic nitrogens is 2. The molecule has 0 bridgehead atoms. The first kappa shape index (κ1) is 13.5. The normalized spacial score (nSPS) is 11.8. The molecule has 18 heavy (non-hydrogen) atoms. The van der Waals surface area contributed by atoms with Crippen molar-refractivity contribution in [2.24, 2.45) is 0 Å². The molecule has 0 atom stereocenters. The summed E-state index contributed by atoms with van der Waals surface area (Å²) in [5, 5.41) is 0.802. The SMILES string of the molecule is CCc1nc(-c2cncc(F)c2)sc1C(C)(C)S. The number of hydrogen-bond acceptors (Lipinski definition) is 4. The number of thiol groups is 1. The van der Waals surface area contributed by atoms with Gasteiger partial charge in [0.25, 0.3) is 0 Å². The van der Waals surface area contributed by atoms with Crippen LogP contribution < -0.4 is 0 Å². The maximum absolute atomic E-state index is 13.2. The van der Waals surface area contributed by atoms with Gasteiger partial charge in [0.15, 0.2) is 0 Å². The summed E-state index contributed by atoms with van der Waals surface area (Å²) < 4.78 is 12.9. The van der Waals surface area contributed by atoms with Crippen molar-refractivity contribution in [1.82, 2.24) is 9.97 Å². The van der Waals surface area contributed by atoms with Gasteiger partial charge in [-0.25, -0.2) is 9.37 Å². The molecule has 2 aromatic rings. The molecular formula is C13H15FN2S2. The van der Waals surface area contributed by atoms with E-state index in [-0.39, 0.29) is 10.6 Å². The zero-order valence-corrected chi connectivity index (χ0v) is 12.3. The van der Waals surface area contributed by atoms with Gasteiger partial charge >= 0.3 is 0 Å². The Bertz CT molecular complexity index is 558. The molecule has 2 rings (SSSR count). The molecule has 5 heteroatoms. The minimum absolute atomic E-state index is 0.234. The topological polar surface area (TPSA) is 25.8 Å². The molecule has 0 amide bonds. The molecule has 0 unspecified atom stereocenters. The van der Waals surface area contributed by atoms with E-state index in [1.807, 2.05) is 13.8 Å². The fraction of sp³-hybridized carbons (Fsp3) is 0.385. The summed E-state index contributed by atoms with van der Waals surface area (Å²) in [4.78, 5) is 9.56. The minimum atomic E-state index is -0.340. The van der Waals surface area contributed by atoms with Gasteiger partial charge in [-0.2, -0.15) is 12.6 Å². The Morgan fingerprint density at radius 3 is 2.61 bits per heavy atom. The van der Waals surface area contributed by atoms with Crippen molar-refractivity contribution >= 4 is 24.0 Å². The lowest BCUT2D eigenvalue weighted by atomic mass is 10.1. The van der Waals surface area contributed by atoms with E-state index in [9.17, 15) is 4.39 Å². The maximum Gasteiger partial charge on any atom is 0.142 e. The summed E-state index contributed by atoms with van der Waals surface area (Å²) in [6.07, 6.45) is 3.68. The molecule has 0 aliphatic heterocycles. The van der Waals surface area contributed by atoms with Crippen molar-refractivity contribution in [2.45, 2.75) is 31.9 Å². The fourth-order valence-electron chi connectivity index (χ4n) is 1.72. The number of halogens is 1. The van der Waals surface area contributed by atoms with E-state index >= 15 is 0 Å². The second kappa shape index (κ2) is 4.97. The Morgan fingerprint density at radius 1 is 1.39 bits per heavy atom. The number of aryl methyl sites for hydroxylation is 1. The molecule has 0 spiro atoms. The van der Waals surface area contributed by atoms with Crippen molar-refractivity contribution in [3.8, 4) is 10.6 Å². The Balaban J connectivity index is 2.51. The van der Waals surface area contributed by atoms with Crippen molar-refractivity contribution < 1.29 is 4.39 Å². The van der Waals surface area contributed by atoms with Crippen molar-refractivity contribution in [2.75, 3.05) is 0 Å². The van der Waals surface area contributed by atoms with Crippen molar-refractivity contribution in [3.05, 3.63) is 34.8 Å². The van der Waals surface area contributed by atoms with E-state index in [1.165, 1.54) is 12.3 Å². The molecular weight excluding hydrogens is 267 g/mol. The molecule has 96 valence electrons. The second-order valence-corrected chi connectivity index (χ2v) is 6.72. The van der Waals surface area contributed by atoms with E-state index in [2.05, 4.69) is 29.5 Å². The van der Waals surface area contributed by atoms with Gasteiger partial charge in [-0.3, -0.25) is 4.98 Å². The average molecular weight is 282 g/mol. The highest BCUT2D eigenvalue weighted by Crippen LogP contribution is 2.38. The average Bonchev–Trinajstić information content (AvgIpc) is 2.72. The number of thiazole rings is 1. The number of nitrogens with zero attached hydrogens (tertiary/aromatic N) is 2. The van der Waals surface area contributed by atoms with E-state index in [1.54, 1.807) is 17.5 Å². The third kappa shape index (κ3) is 2.72. The summed E-state index contributed by atoms with van der Waals surface area (Å²) in [6.45, 7) is 6.14. The highest BCUT2D eigenvalue weighted by atomic mass is 32.1. The van der Waals surface area contributed by atoms with Crippen LogP contribution in [0.3, 0.4) is 0 Å². The van der Waals surface area contributed by atoms with E-state index < -0.39 is 0 Å². The van der Waals surface area contributed by atoms with Gasteiger partial charge in [0, 0.05) is 21.4 Å². The summed E-state index contributed by atoms with van der Waals surface area (Å²) in [5.74, 6) is -0.340. The molecule has 0 radical (unpaired) electrons. The molecule has 2 heterocycles. The Hall–Kier alpha value is -0.940. The Morgan fingerprint density at radius 2 is 2.11 bits per heavy atom. The van der Waals surface area contributed by atoms with E-state index in [4.69, 9.17) is 0 Å². The van der Waals surface area contributed by atoms with Gasteiger partial charge in [0.1, 0.15) is 10.8 Å². The minimum Gasteiger partial charge on any atom is -0.261 e. The second-order valence-electron chi connectivity index (χ2n) is 4.60. The monoisotopic (exact) mass is 282 g/mol. The molecule has 0 aliphatic carbocycles. The lowest BCUT2D eigenvalue weighted by Gasteiger charge is -2.16. The zero-order valence-electron chi connectivity index (χ0n) is 10.6. The van der Waals surface area contributed by atoms with E-state index in [0.29, 0.717) is 0 Å². The number of hydrogen-bond donors (Lipinski definition) is 1. The van der Waals surface area contributed by atoms with Gasteiger partial charge in [-0.05, 0) is 26.3 Å². The Kier molecular flexibility index (Phi) is 3.73. The van der Waals surface area contributed by atoms with Crippen molar-refractivity contribution in [1.29, 1.82) is 0 Å². The van der Waals surface area contributed by atoms with Crippen LogP contribution in [0, 0.1) is 5.82 Å². The molecule has 0 aromatic carbocycles. The lowest BCUT2D eigenvalue weighted by molar-refractivity contribution is 0.622. The van der Waals surface area contributed by atoms with Crippen LogP contribution in [-0.4, -0.2) is 9.97 Å². The van der Waals surface area contributed by atoms with E-state index in [0.717, 1.165) is 27.6 Å². The van der Waals surface area contributed by atoms with Gasteiger partial charge < -0.3 is 0 Å². The third-order valence-electron chi connectivity index (χ3n) is 2.54. The third-order valence-corrected chi connectivity index (χ3v) is 4.39. The zero-order chi connectivity index (χ0) is 13.3. The standard InChI is InChI=1S/C13H15FN2S2/c1-4-10-11(13(2,3)17)18-12(16-10)8-5-9(14)7-15-6-8/h5-7,17H,4H2,1-3H3. The number of rotatable bonds is 3. The maximum atomic E-state index is 13.2. The van der Waals surface area contributed by atoms with Crippen LogP contribution in [0.15, 0.2) is 18.5 Å². The van der Waals surface area contributed by atoms with Gasteiger partial charge in [-0.1, -0.05) is 6.92 Å². The molecule has 0 N–H and O–H groups in total. The molecule has 0 saturated carbocycles. The molecule has 0 saturated heterocycles. The first-order valence-corrected chi connectivity index (χ1v) is 7.01. The van der Waals surface area contributed by atoms with Crippen LogP contribution in [-0.2, 0) is 11.2 Å². The van der Waals surface area contributed by atoms with Crippen LogP contribution in [0.4, 0.5) is 4.39 Å². The fourth-order valence-corrected chi connectivity index (χ4v) is 3.12. The van der Waals surface area contributed by atoms with Crippen LogP contribution in [0.1, 0.15) is 31.3 Å². The molecule has 2 aromatic heterocycles. The molecule has 0 fully saturated rings. The first-order valence-electron chi connectivity index (χ1n) is 5.75. The molecule has 0 aliphatic rings. The quantitative estimate of drug-likeness (QED) is 0.859. The van der Waals surface area contributed by atoms with Crippen LogP contribution in [0.5, 0.6) is 0 Å². The largest absolute Gasteiger partial charge is 0.261 e. The first-order chi connectivity index (χ1) is 8.41. The predicted octanol–water partition coefficient (Wildman–Crippen LogP) is 4.07. The van der Waals surface area contributed by atoms with Crippen molar-refractivity contribution in [3.63, 3.8) is 0 Å². The summed E-state index contributed by atoms with van der Waals surface area (Å²) in [7, 11) is 0. The number of pyridine rings is 1. The van der Waals surface area contributed by atoms with Crippen LogP contribution in [0.25, 0.3) is 10.6 Å². The van der Waals surface area contributed by atoms with Crippen LogP contribution >= 0.6 is 24.0 Å². The van der Waals surface area contributed by atoms with Gasteiger partial charge in [0.2, 0.25) is 0 Å². The smallest absolute Gasteiger partial charge is 0.142 e. The van der Waals surface area contributed by atoms with Gasteiger partial charge in [-0.15, -0.1) is 11.3 Å². The lowest BCUT2D eigenvalue weighted by Crippen LogP contribution is -2.07. The molecule has 2 nitrogen and oxygen atoms in total. The summed E-state index contributed by atoms with van der Waals surface area (Å²) >= 11 is 6.15. The predicted molar refractivity (Wildman–Crippen MR) is 76.7 cm³/mol. The summed E-state index contributed by atoms with van der Waals surface area (Å²) in [6, 6.07) is 1.46. The Labute approximate surface area is 116 Å². The van der Waals surface area contributed by atoms with Crippen LogP contribution in [0.2, 0.25) is 0 Å².